The molecule has 2 bridgehead atoms. The Kier molecular flexibility index (Phi) is 2.81. The molecule has 96 valence electrons. The second-order valence-corrected chi connectivity index (χ2v) is 6.74. The van der Waals surface area contributed by atoms with Crippen molar-refractivity contribution in [3.63, 3.8) is 0 Å². The van der Waals surface area contributed by atoms with Crippen LogP contribution in [0.1, 0.15) is 27.7 Å². The molecule has 2 aliphatic rings. The number of fused-ring (bicyclic) bond motifs is 2. The molecule has 0 saturated carbocycles. The Hall–Kier alpha value is -0.900. The van der Waals surface area contributed by atoms with Crippen LogP contribution in [-0.4, -0.2) is 0 Å². The average Bonchev–Trinajstić information content (AvgIpc) is 2.26. The van der Waals surface area contributed by atoms with E-state index in [2.05, 4.69) is 0 Å². The summed E-state index contributed by atoms with van der Waals surface area (Å²) in [6.45, 7) is 5.99. The Morgan fingerprint density at radius 3 is 1.12 bits per heavy atom. The summed E-state index contributed by atoms with van der Waals surface area (Å²) in [6.07, 6.45) is 0. The van der Waals surface area contributed by atoms with Crippen LogP contribution >= 0.6 is 15.6 Å². The van der Waals surface area contributed by atoms with Crippen molar-refractivity contribution in [3.8, 4) is 0 Å². The lowest BCUT2D eigenvalue weighted by atomic mass is 10.5. The van der Waals surface area contributed by atoms with E-state index >= 15 is 0 Å². The van der Waals surface area contributed by atoms with Crippen LogP contribution in [0.2, 0.25) is 0 Å². The molecule has 0 aliphatic carbocycles. The van der Waals surface area contributed by atoms with E-state index in [-0.39, 0.29) is 23.0 Å². The Morgan fingerprint density at radius 1 is 0.647 bits per heavy atom. The van der Waals surface area contributed by atoms with Crippen LogP contribution < -0.4 is 0 Å². The first-order valence-corrected chi connectivity index (χ1v) is 7.70. The number of phosphoric acid groups is 2. The number of rotatable bonds is 0. The average molecular weight is 282 g/mol. The van der Waals surface area contributed by atoms with Gasteiger partial charge in [-0.25, -0.2) is 9.13 Å². The highest BCUT2D eigenvalue weighted by molar-refractivity contribution is 7.62. The maximum atomic E-state index is 12.2. The standard InChI is InChI=1S/C8H12O7P2/c1-5-6(2)12-17(10)14-8(4)7(3)13-16(9,11-5)15-17/h1-4H3. The molecule has 0 atom stereocenters. The first-order valence-electron chi connectivity index (χ1n) is 4.78. The minimum Gasteiger partial charge on any atom is -0.396 e. The van der Waals surface area contributed by atoms with Crippen molar-refractivity contribution < 1.29 is 31.5 Å². The molecule has 0 aromatic rings. The highest BCUT2D eigenvalue weighted by Gasteiger charge is 2.51. The SMILES string of the molecule is CC1=C(C)OP2(=O)OC(C)=C(C)OP(=O)(O1)O2. The van der Waals surface area contributed by atoms with E-state index in [0.717, 1.165) is 0 Å². The second-order valence-electron chi connectivity index (χ2n) is 3.57. The summed E-state index contributed by atoms with van der Waals surface area (Å²) in [5, 5.41) is 0. The van der Waals surface area contributed by atoms with Crippen molar-refractivity contribution in [2.75, 3.05) is 0 Å². The zero-order valence-electron chi connectivity index (χ0n) is 9.75. The summed E-state index contributed by atoms with van der Waals surface area (Å²) in [7, 11) is -8.06. The van der Waals surface area contributed by atoms with Gasteiger partial charge in [-0.2, -0.15) is 0 Å². The Morgan fingerprint density at radius 2 is 0.882 bits per heavy atom. The molecular formula is C8H12O7P2. The maximum absolute atomic E-state index is 12.2. The van der Waals surface area contributed by atoms with Gasteiger partial charge in [-0.3, -0.25) is 0 Å². The van der Waals surface area contributed by atoms with Crippen LogP contribution in [0.5, 0.6) is 0 Å². The van der Waals surface area contributed by atoms with E-state index in [9.17, 15) is 9.13 Å². The Bertz CT molecular complexity index is 436. The molecule has 0 fully saturated rings. The molecule has 2 rings (SSSR count). The molecule has 0 spiro atoms. The minimum absolute atomic E-state index is 0.169. The normalized spacial score (nSPS) is 37.2. The topological polar surface area (TPSA) is 80.3 Å². The summed E-state index contributed by atoms with van der Waals surface area (Å²) in [4.78, 5) is 0. The van der Waals surface area contributed by atoms with Crippen molar-refractivity contribution in [1.29, 1.82) is 0 Å². The number of hydrogen-bond donors (Lipinski definition) is 0. The van der Waals surface area contributed by atoms with Gasteiger partial charge in [-0.05, 0) is 27.7 Å². The van der Waals surface area contributed by atoms with Crippen LogP contribution in [0.4, 0.5) is 0 Å². The van der Waals surface area contributed by atoms with Gasteiger partial charge < -0.3 is 18.1 Å². The first kappa shape index (κ1) is 12.6. The largest absolute Gasteiger partial charge is 0.597 e. The number of phosphoric ester groups is 2. The molecule has 0 saturated heterocycles. The molecule has 17 heavy (non-hydrogen) atoms. The smallest absolute Gasteiger partial charge is 0.396 e. The third-order valence-corrected chi connectivity index (χ3v) is 5.78. The molecule has 0 unspecified atom stereocenters. The van der Waals surface area contributed by atoms with Crippen LogP contribution in [-0.2, 0) is 31.5 Å². The molecule has 0 radical (unpaired) electrons. The van der Waals surface area contributed by atoms with E-state index < -0.39 is 15.6 Å². The predicted octanol–water partition coefficient (Wildman–Crippen LogP) is 3.82. The number of allylic oxidation sites excluding steroid dienone is 4. The molecule has 2 heterocycles. The van der Waals surface area contributed by atoms with Gasteiger partial charge in [0.25, 0.3) is 0 Å². The minimum atomic E-state index is -4.03. The van der Waals surface area contributed by atoms with E-state index in [1.165, 1.54) is 27.7 Å². The monoisotopic (exact) mass is 282 g/mol. The van der Waals surface area contributed by atoms with Crippen molar-refractivity contribution in [3.05, 3.63) is 23.0 Å². The Balaban J connectivity index is 2.54. The van der Waals surface area contributed by atoms with Gasteiger partial charge in [0, 0.05) is 0 Å². The first-order chi connectivity index (χ1) is 7.73. The molecule has 0 aromatic carbocycles. The highest BCUT2D eigenvalue weighted by atomic mass is 31.3. The van der Waals surface area contributed by atoms with Crippen LogP contribution in [0.25, 0.3) is 0 Å². The van der Waals surface area contributed by atoms with Gasteiger partial charge in [-0.15, -0.1) is 4.31 Å². The van der Waals surface area contributed by atoms with Crippen LogP contribution in [0.3, 0.4) is 0 Å². The molecule has 9 heteroatoms. The lowest BCUT2D eigenvalue weighted by Gasteiger charge is -2.14. The summed E-state index contributed by atoms with van der Waals surface area (Å²) in [6, 6.07) is 0. The van der Waals surface area contributed by atoms with Crippen molar-refractivity contribution >= 4 is 15.6 Å². The van der Waals surface area contributed by atoms with Crippen molar-refractivity contribution in [2.24, 2.45) is 0 Å². The van der Waals surface area contributed by atoms with Crippen molar-refractivity contribution in [2.45, 2.75) is 27.7 Å². The van der Waals surface area contributed by atoms with E-state index in [4.69, 9.17) is 22.4 Å². The maximum Gasteiger partial charge on any atom is 0.597 e. The molecule has 7 nitrogen and oxygen atoms in total. The fourth-order valence-electron chi connectivity index (χ4n) is 1.15. The summed E-state index contributed by atoms with van der Waals surface area (Å²) < 4.78 is 49.2. The summed E-state index contributed by atoms with van der Waals surface area (Å²) in [5.74, 6) is 0.674. The van der Waals surface area contributed by atoms with E-state index in [1.54, 1.807) is 0 Å². The van der Waals surface area contributed by atoms with Crippen LogP contribution in [0.15, 0.2) is 23.0 Å². The fourth-order valence-corrected chi connectivity index (χ4v) is 4.60. The van der Waals surface area contributed by atoms with Crippen LogP contribution in [0, 0.1) is 0 Å². The molecule has 0 aromatic heterocycles. The van der Waals surface area contributed by atoms with E-state index in [0.29, 0.717) is 0 Å². The summed E-state index contributed by atoms with van der Waals surface area (Å²) >= 11 is 0. The fraction of sp³-hybridized carbons (Fsp3) is 0.500. The molecular weight excluding hydrogens is 270 g/mol. The molecule has 0 N–H and O–H groups in total. The quantitative estimate of drug-likeness (QED) is 0.625. The molecule has 0 amide bonds. The van der Waals surface area contributed by atoms with Gasteiger partial charge >= 0.3 is 15.6 Å². The molecule has 2 aliphatic heterocycles. The third kappa shape index (κ3) is 2.37. The lowest BCUT2D eigenvalue weighted by molar-refractivity contribution is 0.215. The Labute approximate surface area is 98.6 Å². The van der Waals surface area contributed by atoms with Gasteiger partial charge in [0.1, 0.15) is 23.0 Å². The third-order valence-electron chi connectivity index (χ3n) is 2.19. The summed E-state index contributed by atoms with van der Waals surface area (Å²) in [5.41, 5.74) is 0. The second kappa shape index (κ2) is 3.80. The van der Waals surface area contributed by atoms with Gasteiger partial charge in [0.05, 0.1) is 0 Å². The zero-order valence-corrected chi connectivity index (χ0v) is 11.5. The van der Waals surface area contributed by atoms with Gasteiger partial charge in [0.2, 0.25) is 0 Å². The number of hydrogen-bond acceptors (Lipinski definition) is 7. The van der Waals surface area contributed by atoms with Crippen molar-refractivity contribution in [1.82, 2.24) is 0 Å². The lowest BCUT2D eigenvalue weighted by Crippen LogP contribution is -1.95. The van der Waals surface area contributed by atoms with Gasteiger partial charge in [-0.1, -0.05) is 0 Å². The zero-order chi connectivity index (χ0) is 12.8. The van der Waals surface area contributed by atoms with E-state index in [1.807, 2.05) is 0 Å². The highest BCUT2D eigenvalue weighted by Crippen LogP contribution is 2.72. The predicted molar refractivity (Wildman–Crippen MR) is 57.4 cm³/mol. The van der Waals surface area contributed by atoms with Gasteiger partial charge in [0.15, 0.2) is 0 Å².